The molecule has 0 radical (unpaired) electrons. The lowest BCUT2D eigenvalue weighted by molar-refractivity contribution is -0.159. The third kappa shape index (κ3) is 3.76. The molecule has 0 aliphatic heterocycles. The molecule has 0 aliphatic rings. The zero-order valence-electron chi connectivity index (χ0n) is 12.0. The van der Waals surface area contributed by atoms with Crippen LogP contribution in [0.4, 0.5) is 17.6 Å². The van der Waals surface area contributed by atoms with Crippen molar-refractivity contribution in [2.75, 3.05) is 0 Å². The van der Waals surface area contributed by atoms with E-state index in [1.165, 1.54) is 17.8 Å². The van der Waals surface area contributed by atoms with Crippen LogP contribution in [0.15, 0.2) is 57.9 Å². The first-order valence-corrected chi connectivity index (χ1v) is 7.79. The van der Waals surface area contributed by atoms with E-state index in [0.29, 0.717) is 16.2 Å². The normalized spacial score (nSPS) is 11.7. The van der Waals surface area contributed by atoms with Gasteiger partial charge in [-0.2, -0.15) is 18.2 Å². The zero-order valence-corrected chi connectivity index (χ0v) is 12.9. The van der Waals surface area contributed by atoms with Crippen molar-refractivity contribution >= 4 is 11.8 Å². The summed E-state index contributed by atoms with van der Waals surface area (Å²) in [5.74, 6) is -1.26. The molecule has 0 bridgehead atoms. The van der Waals surface area contributed by atoms with Crippen molar-refractivity contribution in [3.05, 3.63) is 65.8 Å². The van der Waals surface area contributed by atoms with Crippen molar-refractivity contribution in [3.8, 4) is 11.4 Å². The lowest BCUT2D eigenvalue weighted by Gasteiger charge is -2.04. The van der Waals surface area contributed by atoms with Crippen LogP contribution >= 0.6 is 11.8 Å². The summed E-state index contributed by atoms with van der Waals surface area (Å²) < 4.78 is 55.1. The number of rotatable bonds is 4. The SMILES string of the molecule is Fc1ccccc1SCc1ccc(-c2noc(C(F)(F)F)n2)cc1. The summed E-state index contributed by atoms with van der Waals surface area (Å²) in [6.45, 7) is 0. The Labute approximate surface area is 138 Å². The van der Waals surface area contributed by atoms with Gasteiger partial charge in [0, 0.05) is 16.2 Å². The molecule has 124 valence electrons. The Morgan fingerprint density at radius 2 is 1.71 bits per heavy atom. The van der Waals surface area contributed by atoms with Gasteiger partial charge in [0.1, 0.15) is 5.82 Å². The minimum absolute atomic E-state index is 0.129. The maximum absolute atomic E-state index is 13.5. The molecule has 0 fully saturated rings. The van der Waals surface area contributed by atoms with Gasteiger partial charge in [-0.1, -0.05) is 41.6 Å². The van der Waals surface area contributed by atoms with Gasteiger partial charge in [-0.05, 0) is 17.7 Å². The van der Waals surface area contributed by atoms with Crippen molar-refractivity contribution < 1.29 is 22.1 Å². The smallest absolute Gasteiger partial charge is 0.329 e. The highest BCUT2D eigenvalue weighted by Gasteiger charge is 2.38. The van der Waals surface area contributed by atoms with Gasteiger partial charge in [0.25, 0.3) is 0 Å². The molecule has 8 heteroatoms. The number of aromatic nitrogens is 2. The highest BCUT2D eigenvalue weighted by molar-refractivity contribution is 7.98. The van der Waals surface area contributed by atoms with Crippen LogP contribution in [0, 0.1) is 5.82 Å². The topological polar surface area (TPSA) is 38.9 Å². The third-order valence-electron chi connectivity index (χ3n) is 3.11. The first-order chi connectivity index (χ1) is 11.4. The molecule has 0 atom stereocenters. The fourth-order valence-electron chi connectivity index (χ4n) is 1.93. The van der Waals surface area contributed by atoms with Crippen molar-refractivity contribution in [1.29, 1.82) is 0 Å². The molecule has 0 amide bonds. The van der Waals surface area contributed by atoms with Crippen LogP contribution in [0.3, 0.4) is 0 Å². The number of benzene rings is 2. The lowest BCUT2D eigenvalue weighted by atomic mass is 10.1. The Hall–Kier alpha value is -2.35. The fourth-order valence-corrected chi connectivity index (χ4v) is 2.82. The van der Waals surface area contributed by atoms with Gasteiger partial charge in [0.2, 0.25) is 5.82 Å². The van der Waals surface area contributed by atoms with Crippen LogP contribution in [0.2, 0.25) is 0 Å². The standard InChI is InChI=1S/C16H10F4N2OS/c17-12-3-1-2-4-13(12)24-9-10-5-7-11(8-6-10)14-21-15(23-22-14)16(18,19)20/h1-8H,9H2. The van der Waals surface area contributed by atoms with E-state index in [1.54, 1.807) is 42.5 Å². The Kier molecular flexibility index (Phi) is 4.57. The molecule has 3 nitrogen and oxygen atoms in total. The molecule has 1 heterocycles. The van der Waals surface area contributed by atoms with E-state index in [2.05, 4.69) is 14.7 Å². The van der Waals surface area contributed by atoms with E-state index in [1.807, 2.05) is 0 Å². The summed E-state index contributed by atoms with van der Waals surface area (Å²) in [7, 11) is 0. The summed E-state index contributed by atoms with van der Waals surface area (Å²) in [5, 5.41) is 3.33. The molecule has 3 aromatic rings. The Balaban J connectivity index is 1.69. The van der Waals surface area contributed by atoms with Crippen LogP contribution in [0.25, 0.3) is 11.4 Å². The Morgan fingerprint density at radius 1 is 1.00 bits per heavy atom. The number of hydrogen-bond acceptors (Lipinski definition) is 4. The van der Waals surface area contributed by atoms with Crippen LogP contribution < -0.4 is 0 Å². The molecule has 3 rings (SSSR count). The van der Waals surface area contributed by atoms with E-state index in [4.69, 9.17) is 0 Å². The monoisotopic (exact) mass is 354 g/mol. The van der Waals surface area contributed by atoms with Crippen molar-refractivity contribution in [3.63, 3.8) is 0 Å². The highest BCUT2D eigenvalue weighted by atomic mass is 32.2. The molecule has 0 spiro atoms. The number of hydrogen-bond donors (Lipinski definition) is 0. The quantitative estimate of drug-likeness (QED) is 0.478. The van der Waals surface area contributed by atoms with E-state index in [-0.39, 0.29) is 11.6 Å². The highest BCUT2D eigenvalue weighted by Crippen LogP contribution is 2.30. The van der Waals surface area contributed by atoms with E-state index in [0.717, 1.165) is 5.56 Å². The molecular weight excluding hydrogens is 344 g/mol. The first-order valence-electron chi connectivity index (χ1n) is 6.81. The molecule has 1 aromatic heterocycles. The average molecular weight is 354 g/mol. The van der Waals surface area contributed by atoms with Crippen LogP contribution in [-0.4, -0.2) is 10.1 Å². The van der Waals surface area contributed by atoms with Crippen molar-refractivity contribution in [2.24, 2.45) is 0 Å². The first kappa shape index (κ1) is 16.5. The van der Waals surface area contributed by atoms with Crippen LogP contribution in [-0.2, 0) is 11.9 Å². The maximum atomic E-state index is 13.5. The van der Waals surface area contributed by atoms with Gasteiger partial charge in [-0.25, -0.2) is 4.39 Å². The van der Waals surface area contributed by atoms with Crippen LogP contribution in [0.5, 0.6) is 0 Å². The molecule has 0 N–H and O–H groups in total. The number of alkyl halides is 3. The summed E-state index contributed by atoms with van der Waals surface area (Å²) in [6, 6.07) is 13.1. The number of halogens is 4. The number of nitrogens with zero attached hydrogens (tertiary/aromatic N) is 2. The average Bonchev–Trinajstić information content (AvgIpc) is 3.05. The van der Waals surface area contributed by atoms with Gasteiger partial charge >= 0.3 is 12.1 Å². The van der Waals surface area contributed by atoms with E-state index < -0.39 is 12.1 Å². The third-order valence-corrected chi connectivity index (χ3v) is 4.23. The minimum atomic E-state index is -4.67. The second-order valence-corrected chi connectivity index (χ2v) is 5.85. The molecule has 0 saturated carbocycles. The van der Waals surface area contributed by atoms with Crippen molar-refractivity contribution in [1.82, 2.24) is 10.1 Å². The molecule has 0 aliphatic carbocycles. The summed E-state index contributed by atoms with van der Waals surface area (Å²) in [5.41, 5.74) is 1.31. The summed E-state index contributed by atoms with van der Waals surface area (Å²) in [4.78, 5) is 3.87. The maximum Gasteiger partial charge on any atom is 0.471 e. The predicted molar refractivity (Wildman–Crippen MR) is 80.7 cm³/mol. The predicted octanol–water partition coefficient (Wildman–Crippen LogP) is 5.19. The van der Waals surface area contributed by atoms with Gasteiger partial charge in [-0.3, -0.25) is 0 Å². The second kappa shape index (κ2) is 6.64. The zero-order chi connectivity index (χ0) is 17.2. The second-order valence-electron chi connectivity index (χ2n) is 4.84. The largest absolute Gasteiger partial charge is 0.471 e. The van der Waals surface area contributed by atoms with Gasteiger partial charge < -0.3 is 4.52 Å². The van der Waals surface area contributed by atoms with Gasteiger partial charge in [0.05, 0.1) is 0 Å². The molecule has 2 aromatic carbocycles. The molecule has 0 unspecified atom stereocenters. The fraction of sp³-hybridized carbons (Fsp3) is 0.125. The Bertz CT molecular complexity index is 831. The molecule has 0 saturated heterocycles. The van der Waals surface area contributed by atoms with E-state index >= 15 is 0 Å². The summed E-state index contributed by atoms with van der Waals surface area (Å²) >= 11 is 1.34. The van der Waals surface area contributed by atoms with Gasteiger partial charge in [0.15, 0.2) is 0 Å². The summed E-state index contributed by atoms with van der Waals surface area (Å²) in [6.07, 6.45) is -4.67. The van der Waals surface area contributed by atoms with Crippen LogP contribution in [0.1, 0.15) is 11.5 Å². The lowest BCUT2D eigenvalue weighted by Crippen LogP contribution is -2.04. The van der Waals surface area contributed by atoms with Gasteiger partial charge in [-0.15, -0.1) is 11.8 Å². The van der Waals surface area contributed by atoms with Crippen molar-refractivity contribution in [2.45, 2.75) is 16.8 Å². The van der Waals surface area contributed by atoms with E-state index in [9.17, 15) is 17.6 Å². The molecule has 24 heavy (non-hydrogen) atoms. The number of thioether (sulfide) groups is 1. The Morgan fingerprint density at radius 3 is 2.33 bits per heavy atom. The molecular formula is C16H10F4N2OS. The minimum Gasteiger partial charge on any atom is -0.329 e.